The molecule has 1 heterocycles. The topological polar surface area (TPSA) is 98.5 Å². The van der Waals surface area contributed by atoms with Gasteiger partial charge in [0.25, 0.3) is 0 Å². The maximum Gasteiger partial charge on any atom is 0.319 e. The quantitative estimate of drug-likeness (QED) is 0.667. The number of benzene rings is 2. The molecule has 27 heavy (non-hydrogen) atoms. The Morgan fingerprint density at radius 3 is 2.56 bits per heavy atom. The zero-order valence-corrected chi connectivity index (χ0v) is 15.4. The Hall–Kier alpha value is -3.26. The smallest absolute Gasteiger partial charge is 0.319 e. The molecule has 2 amide bonds. The fourth-order valence-electron chi connectivity index (χ4n) is 2.28. The molecule has 2 aromatic carbocycles. The van der Waals surface area contributed by atoms with E-state index in [-0.39, 0.29) is 12.4 Å². The Bertz CT molecular complexity index is 927. The van der Waals surface area contributed by atoms with E-state index in [1.807, 2.05) is 0 Å². The number of hydrogen-bond donors (Lipinski definition) is 2. The van der Waals surface area contributed by atoms with Crippen LogP contribution in [0.4, 0.5) is 10.5 Å². The van der Waals surface area contributed by atoms with Crippen molar-refractivity contribution < 1.29 is 18.8 Å². The summed E-state index contributed by atoms with van der Waals surface area (Å²) >= 11 is 5.81. The van der Waals surface area contributed by atoms with Crippen molar-refractivity contribution in [3.05, 3.63) is 53.4 Å². The Kier molecular flexibility index (Phi) is 5.77. The first-order valence-corrected chi connectivity index (χ1v) is 8.32. The summed E-state index contributed by atoms with van der Waals surface area (Å²) in [5, 5.41) is 9.83. The number of halogens is 1. The highest BCUT2D eigenvalue weighted by Gasteiger charge is 2.13. The van der Waals surface area contributed by atoms with E-state index < -0.39 is 6.03 Å². The first-order valence-electron chi connectivity index (χ1n) is 7.94. The molecule has 0 aliphatic heterocycles. The van der Waals surface area contributed by atoms with E-state index in [2.05, 4.69) is 20.8 Å². The van der Waals surface area contributed by atoms with Crippen LogP contribution in [0.2, 0.25) is 5.02 Å². The fourth-order valence-corrected chi connectivity index (χ4v) is 2.41. The normalized spacial score (nSPS) is 10.3. The van der Waals surface area contributed by atoms with Crippen molar-refractivity contribution in [1.29, 1.82) is 0 Å². The highest BCUT2D eigenvalue weighted by Crippen LogP contribution is 2.31. The van der Waals surface area contributed by atoms with E-state index in [0.717, 1.165) is 0 Å². The molecule has 3 aromatic rings. The number of ether oxygens (including phenoxy) is 2. The lowest BCUT2D eigenvalue weighted by atomic mass is 10.2. The van der Waals surface area contributed by atoms with Gasteiger partial charge in [0.2, 0.25) is 11.7 Å². The predicted molar refractivity (Wildman–Crippen MR) is 100 cm³/mol. The minimum absolute atomic E-state index is 0.0830. The first kappa shape index (κ1) is 18.5. The summed E-state index contributed by atoms with van der Waals surface area (Å²) in [7, 11) is 3.11. The number of aromatic nitrogens is 2. The summed E-state index contributed by atoms with van der Waals surface area (Å²) in [6, 6.07) is 11.7. The van der Waals surface area contributed by atoms with Crippen molar-refractivity contribution >= 4 is 23.3 Å². The standard InChI is InChI=1S/C18H17ClN4O4/c1-25-14-8-3-11(9-15(14)26-2)17-22-16(27-23-17)10-20-18(24)21-13-6-4-12(19)5-7-13/h3-9H,10H2,1-2H3,(H2,20,21,24). The average molecular weight is 389 g/mol. The van der Waals surface area contributed by atoms with Gasteiger partial charge in [0.1, 0.15) is 0 Å². The van der Waals surface area contributed by atoms with Crippen molar-refractivity contribution in [2.45, 2.75) is 6.54 Å². The Morgan fingerprint density at radius 1 is 1.11 bits per heavy atom. The van der Waals surface area contributed by atoms with Gasteiger partial charge in [-0.15, -0.1) is 0 Å². The molecule has 0 saturated heterocycles. The van der Waals surface area contributed by atoms with Gasteiger partial charge < -0.3 is 24.6 Å². The molecule has 2 N–H and O–H groups in total. The van der Waals surface area contributed by atoms with E-state index in [0.29, 0.717) is 33.6 Å². The molecular weight excluding hydrogens is 372 g/mol. The Morgan fingerprint density at radius 2 is 1.85 bits per heavy atom. The van der Waals surface area contributed by atoms with Gasteiger partial charge in [0.15, 0.2) is 11.5 Å². The summed E-state index contributed by atoms with van der Waals surface area (Å²) in [5.41, 5.74) is 1.32. The van der Waals surface area contributed by atoms with E-state index >= 15 is 0 Å². The van der Waals surface area contributed by atoms with Crippen molar-refractivity contribution in [3.63, 3.8) is 0 Å². The number of anilines is 1. The highest BCUT2D eigenvalue weighted by atomic mass is 35.5. The first-order chi connectivity index (χ1) is 13.1. The Labute approximate surface area is 160 Å². The molecule has 9 heteroatoms. The Balaban J connectivity index is 1.61. The van der Waals surface area contributed by atoms with E-state index in [1.54, 1.807) is 56.7 Å². The lowest BCUT2D eigenvalue weighted by molar-refractivity contribution is 0.249. The van der Waals surface area contributed by atoms with Gasteiger partial charge in [-0.05, 0) is 42.5 Å². The molecule has 0 unspecified atom stereocenters. The monoisotopic (exact) mass is 388 g/mol. The van der Waals surface area contributed by atoms with Gasteiger partial charge in [-0.25, -0.2) is 4.79 Å². The molecule has 0 aliphatic rings. The number of nitrogens with one attached hydrogen (secondary N) is 2. The number of hydrogen-bond acceptors (Lipinski definition) is 6. The number of carbonyl (C=O) groups is 1. The molecule has 3 rings (SSSR count). The maximum absolute atomic E-state index is 11.9. The van der Waals surface area contributed by atoms with Gasteiger partial charge in [-0.1, -0.05) is 16.8 Å². The third kappa shape index (κ3) is 4.68. The van der Waals surface area contributed by atoms with Crippen LogP contribution in [0.25, 0.3) is 11.4 Å². The number of carbonyl (C=O) groups excluding carboxylic acids is 1. The van der Waals surface area contributed by atoms with E-state index in [9.17, 15) is 4.79 Å². The summed E-state index contributed by atoms with van der Waals surface area (Å²) in [5.74, 6) is 1.81. The number of rotatable bonds is 6. The summed E-state index contributed by atoms with van der Waals surface area (Å²) in [6.07, 6.45) is 0. The van der Waals surface area contributed by atoms with Crippen molar-refractivity contribution in [2.75, 3.05) is 19.5 Å². The maximum atomic E-state index is 11.9. The molecule has 1 aromatic heterocycles. The largest absolute Gasteiger partial charge is 0.493 e. The molecule has 0 atom stereocenters. The van der Waals surface area contributed by atoms with Gasteiger partial charge in [0.05, 0.1) is 20.8 Å². The molecular formula is C18H17ClN4O4. The van der Waals surface area contributed by atoms with Gasteiger partial charge in [-0.2, -0.15) is 4.98 Å². The third-order valence-electron chi connectivity index (χ3n) is 3.61. The van der Waals surface area contributed by atoms with Crippen molar-refractivity contribution in [1.82, 2.24) is 15.5 Å². The lowest BCUT2D eigenvalue weighted by Gasteiger charge is -2.07. The van der Waals surface area contributed by atoms with Crippen LogP contribution in [-0.2, 0) is 6.54 Å². The predicted octanol–water partition coefficient (Wildman–Crippen LogP) is 3.73. The molecule has 0 saturated carbocycles. The zero-order valence-electron chi connectivity index (χ0n) is 14.7. The summed E-state index contributed by atoms with van der Waals surface area (Å²) in [4.78, 5) is 16.2. The zero-order chi connectivity index (χ0) is 19.2. The van der Waals surface area contributed by atoms with Crippen molar-refractivity contribution in [3.8, 4) is 22.9 Å². The van der Waals surface area contributed by atoms with Crippen LogP contribution in [0, 0.1) is 0 Å². The molecule has 8 nitrogen and oxygen atoms in total. The average Bonchev–Trinajstić information content (AvgIpc) is 3.16. The lowest BCUT2D eigenvalue weighted by Crippen LogP contribution is -2.28. The van der Waals surface area contributed by atoms with Crippen LogP contribution in [0.5, 0.6) is 11.5 Å². The van der Waals surface area contributed by atoms with Crippen molar-refractivity contribution in [2.24, 2.45) is 0 Å². The minimum Gasteiger partial charge on any atom is -0.493 e. The SMILES string of the molecule is COc1ccc(-c2noc(CNC(=O)Nc3ccc(Cl)cc3)n2)cc1OC. The molecule has 0 fully saturated rings. The molecule has 0 radical (unpaired) electrons. The van der Waals surface area contributed by atoms with Gasteiger partial charge in [0, 0.05) is 16.3 Å². The van der Waals surface area contributed by atoms with Gasteiger partial charge >= 0.3 is 6.03 Å². The molecule has 140 valence electrons. The van der Waals surface area contributed by atoms with Crippen LogP contribution in [0.3, 0.4) is 0 Å². The number of methoxy groups -OCH3 is 2. The van der Waals surface area contributed by atoms with E-state index in [1.165, 1.54) is 0 Å². The van der Waals surface area contributed by atoms with E-state index in [4.69, 9.17) is 25.6 Å². The molecule has 0 bridgehead atoms. The second-order valence-corrected chi connectivity index (χ2v) is 5.83. The highest BCUT2D eigenvalue weighted by molar-refractivity contribution is 6.30. The van der Waals surface area contributed by atoms with Crippen LogP contribution < -0.4 is 20.1 Å². The van der Waals surface area contributed by atoms with Crippen LogP contribution in [0.1, 0.15) is 5.89 Å². The second-order valence-electron chi connectivity index (χ2n) is 5.40. The minimum atomic E-state index is -0.400. The van der Waals surface area contributed by atoms with Crippen LogP contribution in [-0.4, -0.2) is 30.4 Å². The molecule has 0 spiro atoms. The van der Waals surface area contributed by atoms with Crippen LogP contribution >= 0.6 is 11.6 Å². The number of urea groups is 1. The summed E-state index contributed by atoms with van der Waals surface area (Å²) < 4.78 is 15.6. The number of nitrogens with zero attached hydrogens (tertiary/aromatic N) is 2. The van der Waals surface area contributed by atoms with Crippen LogP contribution in [0.15, 0.2) is 47.0 Å². The van der Waals surface area contributed by atoms with Gasteiger partial charge in [-0.3, -0.25) is 0 Å². The second kappa shape index (κ2) is 8.41. The molecule has 0 aliphatic carbocycles. The summed E-state index contributed by atoms with van der Waals surface area (Å²) in [6.45, 7) is 0.0830. The number of amides is 2. The third-order valence-corrected chi connectivity index (χ3v) is 3.86. The fraction of sp³-hybridized carbons (Fsp3) is 0.167.